The van der Waals surface area contributed by atoms with E-state index in [9.17, 15) is 9.18 Å². The van der Waals surface area contributed by atoms with Crippen LogP contribution in [0, 0.1) is 11.7 Å². The van der Waals surface area contributed by atoms with Crippen molar-refractivity contribution in [1.29, 1.82) is 0 Å². The summed E-state index contributed by atoms with van der Waals surface area (Å²) in [6, 6.07) is 8.43. The molecule has 0 saturated carbocycles. The summed E-state index contributed by atoms with van der Waals surface area (Å²) in [6.07, 6.45) is 3.74. The van der Waals surface area contributed by atoms with Gasteiger partial charge in [0, 0.05) is 31.9 Å². The molecule has 0 N–H and O–H groups in total. The predicted octanol–water partition coefficient (Wildman–Crippen LogP) is 3.20. The van der Waals surface area contributed by atoms with E-state index in [0.29, 0.717) is 23.3 Å². The van der Waals surface area contributed by atoms with E-state index in [0.717, 1.165) is 32.5 Å². The van der Waals surface area contributed by atoms with Crippen LogP contribution in [0.25, 0.3) is 5.69 Å². The fourth-order valence-electron chi connectivity index (χ4n) is 3.30. The van der Waals surface area contributed by atoms with Crippen LogP contribution in [0.15, 0.2) is 36.5 Å². The lowest BCUT2D eigenvalue weighted by Gasteiger charge is -2.34. The molecule has 0 spiro atoms. The summed E-state index contributed by atoms with van der Waals surface area (Å²) in [5, 5.41) is 4.34. The fourth-order valence-corrected chi connectivity index (χ4v) is 3.30. The monoisotopic (exact) mass is 358 g/mol. The van der Waals surface area contributed by atoms with E-state index in [1.54, 1.807) is 29.1 Å². The number of halogens is 1. The third kappa shape index (κ3) is 4.30. The van der Waals surface area contributed by atoms with Crippen molar-refractivity contribution in [1.82, 2.24) is 19.6 Å². The van der Waals surface area contributed by atoms with Crippen LogP contribution in [0.1, 0.15) is 37.2 Å². The van der Waals surface area contributed by atoms with Crippen LogP contribution in [0.4, 0.5) is 4.39 Å². The van der Waals surface area contributed by atoms with E-state index in [1.165, 1.54) is 12.1 Å². The first kappa shape index (κ1) is 18.6. The summed E-state index contributed by atoms with van der Waals surface area (Å²) in [4.78, 5) is 17.0. The van der Waals surface area contributed by atoms with E-state index < -0.39 is 0 Å². The lowest BCUT2D eigenvalue weighted by atomic mass is 9.95. The Morgan fingerprint density at radius 1 is 1.31 bits per heavy atom. The minimum absolute atomic E-state index is 0.0455. The Labute approximate surface area is 154 Å². The van der Waals surface area contributed by atoms with Crippen molar-refractivity contribution < 1.29 is 9.18 Å². The number of amides is 1. The molecule has 0 radical (unpaired) electrons. The number of carbonyl (C=O) groups is 1. The molecule has 0 atom stereocenters. The molecule has 1 aromatic heterocycles. The van der Waals surface area contributed by atoms with Gasteiger partial charge in [-0.25, -0.2) is 9.07 Å². The van der Waals surface area contributed by atoms with E-state index >= 15 is 0 Å². The van der Waals surface area contributed by atoms with Crippen LogP contribution >= 0.6 is 0 Å². The van der Waals surface area contributed by atoms with Gasteiger partial charge in [0.15, 0.2) is 5.69 Å². The Balaban J connectivity index is 1.59. The Kier molecular flexibility index (Phi) is 5.71. The van der Waals surface area contributed by atoms with Crippen molar-refractivity contribution in [3.05, 3.63) is 48.0 Å². The first-order chi connectivity index (χ1) is 12.4. The summed E-state index contributed by atoms with van der Waals surface area (Å²) < 4.78 is 14.9. The minimum atomic E-state index is -0.320. The second kappa shape index (κ2) is 7.99. The Morgan fingerprint density at radius 2 is 2.04 bits per heavy atom. The van der Waals surface area contributed by atoms with E-state index in [-0.39, 0.29) is 11.7 Å². The van der Waals surface area contributed by atoms with Crippen molar-refractivity contribution >= 4 is 5.91 Å². The number of benzene rings is 1. The molecule has 3 rings (SSSR count). The highest BCUT2D eigenvalue weighted by atomic mass is 19.1. The maximum absolute atomic E-state index is 13.4. The number of aromatic nitrogens is 2. The molecule has 0 bridgehead atoms. The van der Waals surface area contributed by atoms with Crippen molar-refractivity contribution in [2.24, 2.45) is 5.92 Å². The number of piperidine rings is 1. The number of nitrogens with zero attached hydrogens (tertiary/aromatic N) is 4. The highest BCUT2D eigenvalue weighted by Crippen LogP contribution is 2.20. The summed E-state index contributed by atoms with van der Waals surface area (Å²) in [5.41, 5.74) is 1.02. The number of rotatable bonds is 5. The molecule has 1 aromatic carbocycles. The minimum Gasteiger partial charge on any atom is -0.337 e. The molecule has 1 amide bonds. The molecule has 0 aliphatic carbocycles. The third-order valence-corrected chi connectivity index (χ3v) is 5.21. The molecule has 2 aromatic rings. The lowest BCUT2D eigenvalue weighted by Crippen LogP contribution is -2.42. The Bertz CT molecular complexity index is 750. The molecule has 140 valence electrons. The molecular weight excluding hydrogens is 331 g/mol. The van der Waals surface area contributed by atoms with E-state index in [2.05, 4.69) is 30.9 Å². The predicted molar refractivity (Wildman–Crippen MR) is 99.9 cm³/mol. The zero-order valence-electron chi connectivity index (χ0n) is 15.7. The second-order valence-corrected chi connectivity index (χ2v) is 7.39. The molecule has 5 nitrogen and oxygen atoms in total. The van der Waals surface area contributed by atoms with Gasteiger partial charge in [-0.2, -0.15) is 5.10 Å². The first-order valence-electron chi connectivity index (χ1n) is 9.25. The van der Waals surface area contributed by atoms with Crippen molar-refractivity contribution in [3.63, 3.8) is 0 Å². The average molecular weight is 358 g/mol. The molecule has 6 heteroatoms. The van der Waals surface area contributed by atoms with Gasteiger partial charge in [0.1, 0.15) is 5.82 Å². The lowest BCUT2D eigenvalue weighted by molar-refractivity contribution is 0.0660. The number of hydrogen-bond acceptors (Lipinski definition) is 3. The normalized spacial score (nSPS) is 15.8. The molecule has 1 aliphatic heterocycles. The van der Waals surface area contributed by atoms with Crippen molar-refractivity contribution in [2.45, 2.75) is 32.7 Å². The van der Waals surface area contributed by atoms with Crippen molar-refractivity contribution in [3.8, 4) is 5.69 Å². The number of likely N-dealkylation sites (tertiary alicyclic amines) is 1. The molecular formula is C20H27FN4O. The smallest absolute Gasteiger partial charge is 0.274 e. The number of hydrogen-bond donors (Lipinski definition) is 0. The maximum Gasteiger partial charge on any atom is 0.274 e. The average Bonchev–Trinajstić information content (AvgIpc) is 3.12. The fraction of sp³-hybridized carbons (Fsp3) is 0.500. The molecule has 26 heavy (non-hydrogen) atoms. The van der Waals surface area contributed by atoms with Gasteiger partial charge in [0.2, 0.25) is 0 Å². The van der Waals surface area contributed by atoms with E-state index in [1.807, 2.05) is 4.90 Å². The summed E-state index contributed by atoms with van der Waals surface area (Å²) >= 11 is 0. The number of carbonyl (C=O) groups excluding carboxylic acids is 1. The first-order valence-corrected chi connectivity index (χ1v) is 9.25. The molecule has 0 unspecified atom stereocenters. The van der Waals surface area contributed by atoms with Crippen LogP contribution in [-0.4, -0.2) is 58.2 Å². The molecule has 1 fully saturated rings. The summed E-state index contributed by atoms with van der Waals surface area (Å²) in [6.45, 7) is 7.01. The largest absolute Gasteiger partial charge is 0.337 e. The maximum atomic E-state index is 13.4. The Morgan fingerprint density at radius 3 is 2.69 bits per heavy atom. The summed E-state index contributed by atoms with van der Waals surface area (Å²) in [5.74, 6) is 0.270. The molecule has 1 aliphatic rings. The molecule has 2 heterocycles. The SMILES string of the molecule is CC(C)N(C)CC1CCN(C(=O)c2ccn(-c3cccc(F)c3)n2)CC1. The van der Waals surface area contributed by atoms with Crippen LogP contribution in [0.3, 0.4) is 0 Å². The molecule has 1 saturated heterocycles. The van der Waals surface area contributed by atoms with Gasteiger partial charge in [0.25, 0.3) is 5.91 Å². The second-order valence-electron chi connectivity index (χ2n) is 7.39. The van der Waals surface area contributed by atoms with Gasteiger partial charge in [-0.05, 0) is 63.9 Å². The van der Waals surface area contributed by atoms with Crippen molar-refractivity contribution in [2.75, 3.05) is 26.7 Å². The highest BCUT2D eigenvalue weighted by molar-refractivity contribution is 5.92. The highest BCUT2D eigenvalue weighted by Gasteiger charge is 2.26. The van der Waals surface area contributed by atoms with Gasteiger partial charge < -0.3 is 9.80 Å². The quantitative estimate of drug-likeness (QED) is 0.824. The van der Waals surface area contributed by atoms with E-state index in [4.69, 9.17) is 0 Å². The van der Waals surface area contributed by atoms with Gasteiger partial charge in [-0.1, -0.05) is 6.07 Å². The Hall–Kier alpha value is -2.21. The van der Waals surface area contributed by atoms with Crippen LogP contribution in [0.2, 0.25) is 0 Å². The van der Waals surface area contributed by atoms with Gasteiger partial charge in [-0.15, -0.1) is 0 Å². The van der Waals surface area contributed by atoms with Crippen LogP contribution in [-0.2, 0) is 0 Å². The zero-order valence-corrected chi connectivity index (χ0v) is 15.7. The van der Waals surface area contributed by atoms with Crippen LogP contribution < -0.4 is 0 Å². The summed E-state index contributed by atoms with van der Waals surface area (Å²) in [7, 11) is 2.15. The van der Waals surface area contributed by atoms with Crippen LogP contribution in [0.5, 0.6) is 0 Å². The third-order valence-electron chi connectivity index (χ3n) is 5.21. The zero-order chi connectivity index (χ0) is 18.7. The van der Waals surface area contributed by atoms with Gasteiger partial charge in [0.05, 0.1) is 5.69 Å². The topological polar surface area (TPSA) is 41.4 Å². The van der Waals surface area contributed by atoms with Gasteiger partial charge in [-0.3, -0.25) is 4.79 Å². The van der Waals surface area contributed by atoms with Gasteiger partial charge >= 0.3 is 0 Å². The standard InChI is InChI=1S/C20H27FN4O/c1-15(2)23(3)14-16-7-10-24(11-8-16)20(26)19-9-12-25(22-19)18-6-4-5-17(21)13-18/h4-6,9,12-13,15-16H,7-8,10-11,14H2,1-3H3.